The maximum Gasteiger partial charge on any atom is 0.293 e. The van der Waals surface area contributed by atoms with Crippen LogP contribution in [0.2, 0.25) is 0 Å². The normalized spacial score (nSPS) is 9.62. The summed E-state index contributed by atoms with van der Waals surface area (Å²) in [6, 6.07) is 1.65. The number of aromatic nitrogens is 2. The zero-order valence-corrected chi connectivity index (χ0v) is 7.24. The van der Waals surface area contributed by atoms with E-state index in [-0.39, 0.29) is 5.78 Å². The van der Waals surface area contributed by atoms with E-state index in [1.807, 2.05) is 0 Å². The van der Waals surface area contributed by atoms with Crippen LogP contribution in [-0.2, 0) is 16.0 Å². The Morgan fingerprint density at radius 2 is 2.54 bits per heavy atom. The third kappa shape index (κ3) is 2.70. The van der Waals surface area contributed by atoms with Crippen LogP contribution in [-0.4, -0.2) is 29.1 Å². The van der Waals surface area contributed by atoms with Crippen LogP contribution in [0.3, 0.4) is 0 Å². The van der Waals surface area contributed by atoms with E-state index in [9.17, 15) is 9.59 Å². The SMILES string of the molecule is CC(=O)c1cc(CCOC=O)[nH]n1. The lowest BCUT2D eigenvalue weighted by molar-refractivity contribution is -0.128. The molecule has 70 valence electrons. The summed E-state index contributed by atoms with van der Waals surface area (Å²) in [5, 5.41) is 6.46. The van der Waals surface area contributed by atoms with Gasteiger partial charge in [-0.25, -0.2) is 0 Å². The van der Waals surface area contributed by atoms with E-state index in [0.717, 1.165) is 5.69 Å². The van der Waals surface area contributed by atoms with Gasteiger partial charge >= 0.3 is 0 Å². The Bertz CT molecular complexity index is 306. The lowest BCUT2D eigenvalue weighted by Crippen LogP contribution is -1.96. The molecule has 0 aromatic carbocycles. The van der Waals surface area contributed by atoms with Crippen LogP contribution in [0.25, 0.3) is 0 Å². The average Bonchev–Trinajstić information content (AvgIpc) is 2.53. The van der Waals surface area contributed by atoms with E-state index in [1.165, 1.54) is 6.92 Å². The van der Waals surface area contributed by atoms with Crippen molar-refractivity contribution in [3.8, 4) is 0 Å². The number of rotatable bonds is 5. The molecule has 0 radical (unpaired) electrons. The molecule has 1 rings (SSSR count). The quantitative estimate of drug-likeness (QED) is 0.404. The van der Waals surface area contributed by atoms with Gasteiger partial charge in [-0.1, -0.05) is 0 Å². The highest BCUT2D eigenvalue weighted by molar-refractivity contribution is 5.92. The summed E-state index contributed by atoms with van der Waals surface area (Å²) in [5.74, 6) is -0.0844. The maximum atomic E-state index is 10.8. The molecule has 1 aromatic heterocycles. The van der Waals surface area contributed by atoms with Crippen LogP contribution in [0.4, 0.5) is 0 Å². The third-order valence-corrected chi connectivity index (χ3v) is 1.55. The summed E-state index contributed by atoms with van der Waals surface area (Å²) in [7, 11) is 0. The number of carbonyl (C=O) groups is 2. The van der Waals surface area contributed by atoms with Gasteiger partial charge in [-0.3, -0.25) is 14.7 Å². The molecule has 13 heavy (non-hydrogen) atoms. The Labute approximate surface area is 75.1 Å². The van der Waals surface area contributed by atoms with Gasteiger partial charge in [0.2, 0.25) is 0 Å². The van der Waals surface area contributed by atoms with E-state index >= 15 is 0 Å². The fourth-order valence-corrected chi connectivity index (χ4v) is 0.887. The Hall–Kier alpha value is -1.65. The van der Waals surface area contributed by atoms with Gasteiger partial charge < -0.3 is 4.74 Å². The molecule has 0 unspecified atom stereocenters. The van der Waals surface area contributed by atoms with Gasteiger partial charge in [-0.05, 0) is 6.07 Å². The molecule has 0 fully saturated rings. The van der Waals surface area contributed by atoms with Gasteiger partial charge in [0.1, 0.15) is 5.69 Å². The second-order valence-electron chi connectivity index (χ2n) is 2.55. The topological polar surface area (TPSA) is 72.1 Å². The third-order valence-electron chi connectivity index (χ3n) is 1.55. The number of aromatic amines is 1. The van der Waals surface area contributed by atoms with Crippen molar-refractivity contribution < 1.29 is 14.3 Å². The van der Waals surface area contributed by atoms with E-state index in [4.69, 9.17) is 0 Å². The number of ketones is 1. The number of H-pyrrole nitrogens is 1. The van der Waals surface area contributed by atoms with Gasteiger partial charge in [0.05, 0.1) is 6.61 Å². The fourth-order valence-electron chi connectivity index (χ4n) is 0.887. The number of Topliss-reactive ketones (excluding diaryl/α,β-unsaturated/α-hetero) is 1. The smallest absolute Gasteiger partial charge is 0.293 e. The van der Waals surface area contributed by atoms with Crippen molar-refractivity contribution in [2.75, 3.05) is 6.61 Å². The summed E-state index contributed by atoms with van der Waals surface area (Å²) in [5.41, 5.74) is 1.19. The van der Waals surface area contributed by atoms with Crippen molar-refractivity contribution >= 4 is 12.3 Å². The summed E-state index contributed by atoms with van der Waals surface area (Å²) in [6.45, 7) is 2.13. The van der Waals surface area contributed by atoms with Crippen molar-refractivity contribution in [3.05, 3.63) is 17.5 Å². The first kappa shape index (κ1) is 9.44. The standard InChI is InChI=1S/C8H10N2O3/c1-6(12)8-4-7(9-10-8)2-3-13-5-11/h4-5H,2-3H2,1H3,(H,9,10). The van der Waals surface area contributed by atoms with E-state index < -0.39 is 0 Å². The van der Waals surface area contributed by atoms with Gasteiger partial charge in [0, 0.05) is 19.0 Å². The van der Waals surface area contributed by atoms with Crippen LogP contribution in [0.5, 0.6) is 0 Å². The monoisotopic (exact) mass is 182 g/mol. The molecule has 0 spiro atoms. The number of ether oxygens (including phenoxy) is 1. The van der Waals surface area contributed by atoms with E-state index in [2.05, 4.69) is 14.9 Å². The second kappa shape index (κ2) is 4.39. The minimum atomic E-state index is -0.0844. The van der Waals surface area contributed by atoms with Gasteiger partial charge in [-0.2, -0.15) is 5.10 Å². The van der Waals surface area contributed by atoms with Crippen molar-refractivity contribution in [2.24, 2.45) is 0 Å². The molecule has 0 bridgehead atoms. The summed E-state index contributed by atoms with van der Waals surface area (Å²) in [4.78, 5) is 20.6. The molecule has 1 heterocycles. The zero-order chi connectivity index (χ0) is 9.68. The Kier molecular flexibility index (Phi) is 3.19. The van der Waals surface area contributed by atoms with E-state index in [0.29, 0.717) is 25.2 Å². The Balaban J connectivity index is 2.49. The van der Waals surface area contributed by atoms with Crippen LogP contribution in [0.1, 0.15) is 23.1 Å². The van der Waals surface area contributed by atoms with Crippen molar-refractivity contribution in [2.45, 2.75) is 13.3 Å². The molecule has 1 N–H and O–H groups in total. The molecular formula is C8H10N2O3. The molecule has 1 aromatic rings. The van der Waals surface area contributed by atoms with E-state index in [1.54, 1.807) is 6.07 Å². The first-order valence-corrected chi connectivity index (χ1v) is 3.84. The largest absolute Gasteiger partial charge is 0.467 e. The van der Waals surface area contributed by atoms with Gasteiger partial charge in [0.15, 0.2) is 5.78 Å². The molecule has 0 aliphatic rings. The molecule has 0 amide bonds. The number of nitrogens with one attached hydrogen (secondary N) is 1. The zero-order valence-electron chi connectivity index (χ0n) is 7.24. The fraction of sp³-hybridized carbons (Fsp3) is 0.375. The number of hydrogen-bond donors (Lipinski definition) is 1. The highest BCUT2D eigenvalue weighted by Crippen LogP contribution is 2.00. The highest BCUT2D eigenvalue weighted by Gasteiger charge is 2.04. The molecule has 0 atom stereocenters. The predicted octanol–water partition coefficient (Wildman–Crippen LogP) is 0.328. The summed E-state index contributed by atoms with van der Waals surface area (Å²) in [6.07, 6.45) is 0.541. The first-order valence-electron chi connectivity index (χ1n) is 3.84. The Morgan fingerprint density at radius 3 is 3.08 bits per heavy atom. The first-order chi connectivity index (χ1) is 6.24. The predicted molar refractivity (Wildman–Crippen MR) is 44.3 cm³/mol. The van der Waals surface area contributed by atoms with Crippen LogP contribution in [0, 0.1) is 0 Å². The lowest BCUT2D eigenvalue weighted by atomic mass is 10.2. The Morgan fingerprint density at radius 1 is 1.77 bits per heavy atom. The number of carbonyl (C=O) groups excluding carboxylic acids is 2. The minimum absolute atomic E-state index is 0.0844. The maximum absolute atomic E-state index is 10.8. The summed E-state index contributed by atoms with van der Waals surface area (Å²) >= 11 is 0. The molecule has 0 saturated heterocycles. The van der Waals surface area contributed by atoms with Crippen molar-refractivity contribution in [1.29, 1.82) is 0 Å². The highest BCUT2D eigenvalue weighted by atomic mass is 16.5. The number of nitrogens with zero attached hydrogens (tertiary/aromatic N) is 1. The van der Waals surface area contributed by atoms with Gasteiger partial charge in [0.25, 0.3) is 6.47 Å². The molecular weight excluding hydrogens is 172 g/mol. The number of hydrogen-bond acceptors (Lipinski definition) is 4. The average molecular weight is 182 g/mol. The van der Waals surface area contributed by atoms with Crippen LogP contribution >= 0.6 is 0 Å². The molecule has 0 saturated carbocycles. The van der Waals surface area contributed by atoms with Crippen LogP contribution < -0.4 is 0 Å². The van der Waals surface area contributed by atoms with Gasteiger partial charge in [-0.15, -0.1) is 0 Å². The van der Waals surface area contributed by atoms with Crippen LogP contribution in [0.15, 0.2) is 6.07 Å². The molecule has 0 aliphatic carbocycles. The van der Waals surface area contributed by atoms with Crippen molar-refractivity contribution in [3.63, 3.8) is 0 Å². The lowest BCUT2D eigenvalue weighted by Gasteiger charge is -1.93. The second-order valence-corrected chi connectivity index (χ2v) is 2.55. The molecule has 5 nitrogen and oxygen atoms in total. The molecule has 0 aliphatic heterocycles. The minimum Gasteiger partial charge on any atom is -0.467 e. The summed E-state index contributed by atoms with van der Waals surface area (Å²) < 4.78 is 4.49. The van der Waals surface area contributed by atoms with Crippen molar-refractivity contribution in [1.82, 2.24) is 10.2 Å². The molecule has 5 heteroatoms.